The van der Waals surface area contributed by atoms with E-state index in [2.05, 4.69) is 24.5 Å². The van der Waals surface area contributed by atoms with Gasteiger partial charge in [0.2, 0.25) is 0 Å². The van der Waals surface area contributed by atoms with E-state index in [0.717, 1.165) is 38.2 Å². The molecule has 0 aliphatic carbocycles. The van der Waals surface area contributed by atoms with Gasteiger partial charge in [-0.3, -0.25) is 0 Å². The van der Waals surface area contributed by atoms with Gasteiger partial charge in [-0.1, -0.05) is 0 Å². The summed E-state index contributed by atoms with van der Waals surface area (Å²) in [5.41, 5.74) is -0.0294. The molecule has 2 amide bonds. The highest BCUT2D eigenvalue weighted by atomic mass is 19.1. The SMILES string of the molecule is CC[NH+](CC)CCCNC(=O)Nc1ccc(F)cc1F. The minimum absolute atomic E-state index is 0.0294. The number of carbonyl (C=O) groups excluding carboxylic acids is 1. The van der Waals surface area contributed by atoms with E-state index in [1.165, 1.54) is 11.0 Å². The summed E-state index contributed by atoms with van der Waals surface area (Å²) in [6.45, 7) is 7.87. The zero-order chi connectivity index (χ0) is 15.0. The first-order chi connectivity index (χ1) is 9.56. The average Bonchev–Trinajstić information content (AvgIpc) is 2.42. The number of nitrogens with one attached hydrogen (secondary N) is 3. The third kappa shape index (κ3) is 5.52. The summed E-state index contributed by atoms with van der Waals surface area (Å²) < 4.78 is 26.0. The lowest BCUT2D eigenvalue weighted by Gasteiger charge is -2.15. The normalized spacial score (nSPS) is 10.7. The number of benzene rings is 1. The predicted molar refractivity (Wildman–Crippen MR) is 74.9 cm³/mol. The lowest BCUT2D eigenvalue weighted by atomic mass is 10.3. The second-order valence-electron chi connectivity index (χ2n) is 4.57. The molecule has 0 spiro atoms. The lowest BCUT2D eigenvalue weighted by Crippen LogP contribution is -3.11. The number of rotatable bonds is 7. The van der Waals surface area contributed by atoms with E-state index in [4.69, 9.17) is 0 Å². The Kier molecular flexibility index (Phi) is 6.93. The van der Waals surface area contributed by atoms with Crippen molar-refractivity contribution >= 4 is 11.7 Å². The molecular weight excluding hydrogens is 264 g/mol. The summed E-state index contributed by atoms with van der Waals surface area (Å²) in [4.78, 5) is 13.0. The maximum Gasteiger partial charge on any atom is 0.319 e. The summed E-state index contributed by atoms with van der Waals surface area (Å²) >= 11 is 0. The van der Waals surface area contributed by atoms with Crippen LogP contribution in [0, 0.1) is 11.6 Å². The Balaban J connectivity index is 2.30. The Morgan fingerprint density at radius 3 is 2.55 bits per heavy atom. The first-order valence-corrected chi connectivity index (χ1v) is 6.90. The largest absolute Gasteiger partial charge is 0.338 e. The number of anilines is 1. The minimum Gasteiger partial charge on any atom is -0.338 e. The highest BCUT2D eigenvalue weighted by molar-refractivity contribution is 5.89. The monoisotopic (exact) mass is 286 g/mol. The number of quaternary nitrogens is 1. The lowest BCUT2D eigenvalue weighted by molar-refractivity contribution is -0.896. The Hall–Kier alpha value is -1.69. The third-order valence-corrected chi connectivity index (χ3v) is 3.17. The molecule has 112 valence electrons. The van der Waals surface area contributed by atoms with Gasteiger partial charge in [0.15, 0.2) is 0 Å². The van der Waals surface area contributed by atoms with E-state index in [1.807, 2.05) is 0 Å². The molecule has 0 aliphatic heterocycles. The zero-order valence-electron chi connectivity index (χ0n) is 11.9. The molecular formula is C14H22F2N3O+. The second-order valence-corrected chi connectivity index (χ2v) is 4.57. The molecule has 0 atom stereocenters. The van der Waals surface area contributed by atoms with Gasteiger partial charge in [-0.2, -0.15) is 0 Å². The van der Waals surface area contributed by atoms with Crippen LogP contribution in [-0.2, 0) is 0 Å². The van der Waals surface area contributed by atoms with Gasteiger partial charge in [-0.15, -0.1) is 0 Å². The highest BCUT2D eigenvalue weighted by Gasteiger charge is 2.08. The predicted octanol–water partition coefficient (Wildman–Crippen LogP) is 1.40. The van der Waals surface area contributed by atoms with Crippen molar-refractivity contribution in [1.29, 1.82) is 0 Å². The summed E-state index contributed by atoms with van der Waals surface area (Å²) in [6.07, 6.45) is 0.857. The number of urea groups is 1. The van der Waals surface area contributed by atoms with Gasteiger partial charge in [0.25, 0.3) is 0 Å². The standard InChI is InChI=1S/C14H21F2N3O/c1-3-19(4-2)9-5-8-17-14(20)18-13-7-6-11(15)10-12(13)16/h6-7,10H,3-5,8-9H2,1-2H3,(H2,17,18,20)/p+1. The summed E-state index contributed by atoms with van der Waals surface area (Å²) in [5, 5.41) is 5.01. The summed E-state index contributed by atoms with van der Waals surface area (Å²) in [5.74, 6) is -1.46. The smallest absolute Gasteiger partial charge is 0.319 e. The van der Waals surface area contributed by atoms with E-state index < -0.39 is 17.7 Å². The molecule has 0 saturated carbocycles. The fraction of sp³-hybridized carbons (Fsp3) is 0.500. The van der Waals surface area contributed by atoms with E-state index >= 15 is 0 Å². The molecule has 20 heavy (non-hydrogen) atoms. The Morgan fingerprint density at radius 2 is 1.95 bits per heavy atom. The van der Waals surface area contributed by atoms with Crippen LogP contribution in [0.1, 0.15) is 20.3 Å². The van der Waals surface area contributed by atoms with Crippen LogP contribution in [0.5, 0.6) is 0 Å². The Labute approximate surface area is 118 Å². The topological polar surface area (TPSA) is 45.6 Å². The van der Waals surface area contributed by atoms with Crippen molar-refractivity contribution in [2.45, 2.75) is 20.3 Å². The molecule has 0 heterocycles. The van der Waals surface area contributed by atoms with Crippen molar-refractivity contribution in [2.24, 2.45) is 0 Å². The molecule has 0 radical (unpaired) electrons. The van der Waals surface area contributed by atoms with Crippen molar-refractivity contribution in [2.75, 3.05) is 31.5 Å². The minimum atomic E-state index is -0.785. The molecule has 1 aromatic rings. The Bertz CT molecular complexity index is 436. The summed E-state index contributed by atoms with van der Waals surface area (Å²) in [7, 11) is 0. The Morgan fingerprint density at radius 1 is 1.25 bits per heavy atom. The van der Waals surface area contributed by atoms with Crippen LogP contribution in [0.15, 0.2) is 18.2 Å². The average molecular weight is 286 g/mol. The zero-order valence-corrected chi connectivity index (χ0v) is 11.9. The molecule has 6 heteroatoms. The van der Waals surface area contributed by atoms with Crippen molar-refractivity contribution < 1.29 is 18.5 Å². The first-order valence-electron chi connectivity index (χ1n) is 6.90. The van der Waals surface area contributed by atoms with Crippen LogP contribution in [-0.4, -0.2) is 32.2 Å². The first kappa shape index (κ1) is 16.4. The van der Waals surface area contributed by atoms with E-state index in [-0.39, 0.29) is 5.69 Å². The fourth-order valence-corrected chi connectivity index (χ4v) is 1.90. The number of hydrogen-bond acceptors (Lipinski definition) is 1. The molecule has 3 N–H and O–H groups in total. The van der Waals surface area contributed by atoms with E-state index in [0.29, 0.717) is 6.54 Å². The van der Waals surface area contributed by atoms with Crippen LogP contribution < -0.4 is 15.5 Å². The van der Waals surface area contributed by atoms with Crippen LogP contribution >= 0.6 is 0 Å². The van der Waals surface area contributed by atoms with Crippen LogP contribution in [0.4, 0.5) is 19.3 Å². The molecule has 1 rings (SSSR count). The van der Waals surface area contributed by atoms with Gasteiger partial charge in [-0.05, 0) is 26.0 Å². The molecule has 4 nitrogen and oxygen atoms in total. The number of carbonyl (C=O) groups is 1. The molecule has 0 fully saturated rings. The van der Waals surface area contributed by atoms with Crippen molar-refractivity contribution in [3.05, 3.63) is 29.8 Å². The van der Waals surface area contributed by atoms with Gasteiger partial charge >= 0.3 is 6.03 Å². The van der Waals surface area contributed by atoms with Crippen molar-refractivity contribution in [3.63, 3.8) is 0 Å². The van der Waals surface area contributed by atoms with Gasteiger partial charge in [0.05, 0.1) is 25.3 Å². The number of halogens is 2. The molecule has 0 unspecified atom stereocenters. The molecule has 0 aliphatic rings. The molecule has 0 bridgehead atoms. The van der Waals surface area contributed by atoms with Gasteiger partial charge in [0, 0.05) is 19.0 Å². The van der Waals surface area contributed by atoms with Gasteiger partial charge in [0.1, 0.15) is 11.6 Å². The number of hydrogen-bond donors (Lipinski definition) is 3. The van der Waals surface area contributed by atoms with Crippen molar-refractivity contribution in [1.82, 2.24) is 5.32 Å². The second kappa shape index (κ2) is 8.47. The highest BCUT2D eigenvalue weighted by Crippen LogP contribution is 2.14. The number of amides is 2. The third-order valence-electron chi connectivity index (χ3n) is 3.17. The van der Waals surface area contributed by atoms with E-state index in [1.54, 1.807) is 0 Å². The molecule has 0 saturated heterocycles. The van der Waals surface area contributed by atoms with Crippen molar-refractivity contribution in [3.8, 4) is 0 Å². The maximum atomic E-state index is 13.3. The van der Waals surface area contributed by atoms with Crippen LogP contribution in [0.3, 0.4) is 0 Å². The van der Waals surface area contributed by atoms with Gasteiger partial charge in [-0.25, -0.2) is 13.6 Å². The van der Waals surface area contributed by atoms with Crippen LogP contribution in [0.2, 0.25) is 0 Å². The fourth-order valence-electron chi connectivity index (χ4n) is 1.90. The maximum absolute atomic E-state index is 13.3. The van der Waals surface area contributed by atoms with E-state index in [9.17, 15) is 13.6 Å². The summed E-state index contributed by atoms with van der Waals surface area (Å²) in [6, 6.07) is 2.55. The van der Waals surface area contributed by atoms with Crippen LogP contribution in [0.25, 0.3) is 0 Å². The molecule has 1 aromatic carbocycles. The quantitative estimate of drug-likeness (QED) is 0.652. The molecule has 0 aromatic heterocycles. The van der Waals surface area contributed by atoms with Gasteiger partial charge < -0.3 is 15.5 Å².